The number of aromatic nitrogens is 3. The lowest BCUT2D eigenvalue weighted by Crippen LogP contribution is -2.47. The Labute approximate surface area is 299 Å². The molecule has 3 aliphatic heterocycles. The van der Waals surface area contributed by atoms with E-state index in [1.165, 1.54) is 29.6 Å². The summed E-state index contributed by atoms with van der Waals surface area (Å²) in [6.45, 7) is 4.31. The molecule has 258 valence electrons. The van der Waals surface area contributed by atoms with Gasteiger partial charge in [-0.1, -0.05) is 43.2 Å². The van der Waals surface area contributed by atoms with Crippen LogP contribution in [-0.2, 0) is 9.59 Å². The average molecular weight is 736 g/mol. The van der Waals surface area contributed by atoms with E-state index < -0.39 is 0 Å². The van der Waals surface area contributed by atoms with Crippen molar-refractivity contribution < 1.29 is 9.59 Å². The number of carbonyl (C=O) groups is 2. The van der Waals surface area contributed by atoms with Gasteiger partial charge in [0.05, 0.1) is 27.9 Å². The molecule has 4 aliphatic rings. The maximum Gasteiger partial charge on any atom is 0.283 e. The van der Waals surface area contributed by atoms with E-state index in [2.05, 4.69) is 82.5 Å². The van der Waals surface area contributed by atoms with Crippen molar-refractivity contribution in [3.05, 3.63) is 86.6 Å². The van der Waals surface area contributed by atoms with Crippen LogP contribution in [0.1, 0.15) is 93.2 Å². The molecule has 3 saturated heterocycles. The molecule has 50 heavy (non-hydrogen) atoms. The number of rotatable bonds is 5. The average Bonchev–Trinajstić information content (AvgIpc) is 3.78. The number of hydrogen-bond donors (Lipinski definition) is 1. The summed E-state index contributed by atoms with van der Waals surface area (Å²) >= 11 is 3.61. The minimum absolute atomic E-state index is 0.166. The van der Waals surface area contributed by atoms with Crippen LogP contribution in [0.5, 0.6) is 0 Å². The van der Waals surface area contributed by atoms with Crippen LogP contribution in [0.2, 0.25) is 0 Å². The zero-order valence-corrected chi connectivity index (χ0v) is 29.9. The first-order chi connectivity index (χ1) is 24.4. The van der Waals surface area contributed by atoms with E-state index in [4.69, 9.17) is 4.98 Å². The summed E-state index contributed by atoms with van der Waals surface area (Å²) < 4.78 is 5.35. The molecule has 1 unspecified atom stereocenters. The number of piperidine rings is 3. The molecule has 5 aromatic rings. The van der Waals surface area contributed by atoms with E-state index >= 15 is 0 Å². The standard InChI is InChI=1S/C40H43BrN6O3/c41-32-6-3-7-34-37(32)39(50)43-40-46(29-4-1-2-5-29)35-24-30(12-14-33(35)47(34)40)45-22-18-28(19-23-45)44-20-16-26(17-21-44)25-8-10-27(11-9-25)31-13-15-36(48)42-38(31)49/h3,6-12,14,24,26,28-29,31H,1-2,4-5,13,15-23H2,(H,42,48,49). The van der Waals surface area contributed by atoms with Crippen molar-refractivity contribution in [2.45, 2.75) is 88.1 Å². The van der Waals surface area contributed by atoms with Gasteiger partial charge in [0.25, 0.3) is 5.56 Å². The molecule has 1 atom stereocenters. The lowest BCUT2D eigenvalue weighted by molar-refractivity contribution is -0.134. The Morgan fingerprint density at radius 3 is 2.20 bits per heavy atom. The fourth-order valence-electron chi connectivity index (χ4n) is 9.43. The number of likely N-dealkylation sites (tertiary alicyclic amines) is 1. The molecular formula is C40H43BrN6O3. The van der Waals surface area contributed by atoms with Gasteiger partial charge in [-0.25, -0.2) is 0 Å². The maximum atomic E-state index is 13.3. The highest BCUT2D eigenvalue weighted by atomic mass is 79.9. The van der Waals surface area contributed by atoms with Gasteiger partial charge in [0.2, 0.25) is 17.6 Å². The van der Waals surface area contributed by atoms with Crippen LogP contribution in [0.4, 0.5) is 5.69 Å². The molecule has 3 aromatic carbocycles. The smallest absolute Gasteiger partial charge is 0.283 e. The first-order valence-corrected chi connectivity index (χ1v) is 19.3. The highest BCUT2D eigenvalue weighted by Crippen LogP contribution is 2.38. The van der Waals surface area contributed by atoms with E-state index in [9.17, 15) is 14.4 Å². The lowest BCUT2D eigenvalue weighted by atomic mass is 9.85. The van der Waals surface area contributed by atoms with Crippen molar-refractivity contribution in [1.82, 2.24) is 24.2 Å². The Morgan fingerprint density at radius 2 is 1.46 bits per heavy atom. The number of halogens is 1. The predicted octanol–water partition coefficient (Wildman–Crippen LogP) is 7.05. The molecule has 0 radical (unpaired) electrons. The number of carbonyl (C=O) groups excluding carboxylic acids is 2. The molecule has 1 saturated carbocycles. The molecule has 1 aliphatic carbocycles. The van der Waals surface area contributed by atoms with Gasteiger partial charge in [-0.2, -0.15) is 4.98 Å². The summed E-state index contributed by atoms with van der Waals surface area (Å²) in [5.74, 6) is 0.746. The van der Waals surface area contributed by atoms with Crippen LogP contribution in [0.3, 0.4) is 0 Å². The third kappa shape index (κ3) is 5.55. The molecule has 1 N–H and O–H groups in total. The topological polar surface area (TPSA) is 92.0 Å². The van der Waals surface area contributed by atoms with Crippen LogP contribution in [0.25, 0.3) is 27.7 Å². The molecule has 9 rings (SSSR count). The van der Waals surface area contributed by atoms with Crippen molar-refractivity contribution in [3.8, 4) is 0 Å². The maximum absolute atomic E-state index is 13.3. The molecule has 5 heterocycles. The Bertz CT molecular complexity index is 2170. The van der Waals surface area contributed by atoms with E-state index in [0.717, 1.165) is 91.6 Å². The lowest BCUT2D eigenvalue weighted by Gasteiger charge is -2.42. The van der Waals surface area contributed by atoms with Gasteiger partial charge in [0.15, 0.2) is 0 Å². The van der Waals surface area contributed by atoms with Gasteiger partial charge in [0.1, 0.15) is 0 Å². The van der Waals surface area contributed by atoms with Crippen LogP contribution in [-0.4, -0.2) is 62.9 Å². The second-order valence-corrected chi connectivity index (χ2v) is 15.7. The Morgan fingerprint density at radius 1 is 0.720 bits per heavy atom. The number of hydrogen-bond acceptors (Lipinski definition) is 6. The van der Waals surface area contributed by atoms with E-state index in [1.54, 1.807) is 0 Å². The number of anilines is 1. The molecule has 4 fully saturated rings. The summed E-state index contributed by atoms with van der Waals surface area (Å²) in [5.41, 5.74) is 6.63. The highest BCUT2D eigenvalue weighted by Gasteiger charge is 2.31. The third-order valence-corrected chi connectivity index (χ3v) is 12.8. The zero-order chi connectivity index (χ0) is 33.9. The van der Waals surface area contributed by atoms with Crippen molar-refractivity contribution in [3.63, 3.8) is 0 Å². The van der Waals surface area contributed by atoms with Crippen LogP contribution < -0.4 is 15.8 Å². The number of amides is 2. The minimum atomic E-state index is -0.222. The number of nitrogens with one attached hydrogen (secondary N) is 1. The third-order valence-electron chi connectivity index (χ3n) is 12.1. The zero-order valence-electron chi connectivity index (χ0n) is 28.3. The van der Waals surface area contributed by atoms with E-state index in [1.807, 2.05) is 18.2 Å². The van der Waals surface area contributed by atoms with Crippen molar-refractivity contribution in [1.29, 1.82) is 0 Å². The number of nitrogens with zero attached hydrogens (tertiary/aromatic N) is 5. The van der Waals surface area contributed by atoms with Crippen molar-refractivity contribution >= 4 is 61.1 Å². The fourth-order valence-corrected chi connectivity index (χ4v) is 9.96. The highest BCUT2D eigenvalue weighted by molar-refractivity contribution is 9.10. The quantitative estimate of drug-likeness (QED) is 0.195. The van der Waals surface area contributed by atoms with Gasteiger partial charge in [-0.3, -0.25) is 24.1 Å². The SMILES string of the molecule is O=C1CCC(c2ccc(C3CCN(C4CCN(c5ccc6c(c5)n(C5CCCC5)c5nc(=O)c7c(Br)cccc7n65)CC4)CC3)cc2)C(=O)N1. The largest absolute Gasteiger partial charge is 0.371 e. The summed E-state index contributed by atoms with van der Waals surface area (Å²) in [6.07, 6.45) is 10.3. The second-order valence-electron chi connectivity index (χ2n) is 14.9. The number of imide groups is 1. The van der Waals surface area contributed by atoms with Crippen molar-refractivity contribution in [2.24, 2.45) is 0 Å². The van der Waals surface area contributed by atoms with Crippen LogP contribution >= 0.6 is 15.9 Å². The second kappa shape index (κ2) is 12.9. The fraction of sp³-hybridized carbons (Fsp3) is 0.450. The van der Waals surface area contributed by atoms with Gasteiger partial charge < -0.3 is 14.4 Å². The van der Waals surface area contributed by atoms with Gasteiger partial charge in [-0.05, 0) is 121 Å². The molecule has 0 spiro atoms. The Hall–Kier alpha value is -4.02. The van der Waals surface area contributed by atoms with E-state index in [-0.39, 0.29) is 23.3 Å². The van der Waals surface area contributed by atoms with Gasteiger partial charge in [-0.15, -0.1) is 0 Å². The monoisotopic (exact) mass is 734 g/mol. The molecule has 9 nitrogen and oxygen atoms in total. The summed E-state index contributed by atoms with van der Waals surface area (Å²) in [7, 11) is 0. The Balaban J connectivity index is 0.891. The molecule has 0 bridgehead atoms. The summed E-state index contributed by atoms with van der Waals surface area (Å²) in [4.78, 5) is 47.2. The van der Waals surface area contributed by atoms with Crippen molar-refractivity contribution in [2.75, 3.05) is 31.1 Å². The number of benzene rings is 3. The van der Waals surface area contributed by atoms with Gasteiger partial charge in [0, 0.05) is 41.8 Å². The predicted molar refractivity (Wildman–Crippen MR) is 200 cm³/mol. The molecular weight excluding hydrogens is 692 g/mol. The molecule has 10 heteroatoms. The number of imidazole rings is 1. The van der Waals surface area contributed by atoms with Crippen LogP contribution in [0.15, 0.2) is 69.9 Å². The summed E-state index contributed by atoms with van der Waals surface area (Å²) in [6, 6.07) is 22.4. The molecule has 2 amide bonds. The van der Waals surface area contributed by atoms with Crippen LogP contribution in [0, 0.1) is 0 Å². The number of fused-ring (bicyclic) bond motifs is 5. The summed E-state index contributed by atoms with van der Waals surface area (Å²) in [5, 5.41) is 3.12. The first-order valence-electron chi connectivity index (χ1n) is 18.5. The molecule has 2 aromatic heterocycles. The Kier molecular flexibility index (Phi) is 8.27. The van der Waals surface area contributed by atoms with Gasteiger partial charge >= 0.3 is 0 Å². The first kappa shape index (κ1) is 31.9. The minimum Gasteiger partial charge on any atom is -0.371 e. The van der Waals surface area contributed by atoms with E-state index in [0.29, 0.717) is 36.2 Å². The normalized spacial score (nSPS) is 21.9.